The van der Waals surface area contributed by atoms with E-state index >= 15 is 0 Å². The first-order valence-corrected chi connectivity index (χ1v) is 6.98. The van der Waals surface area contributed by atoms with E-state index in [2.05, 4.69) is 51.7 Å². The van der Waals surface area contributed by atoms with Gasteiger partial charge in [-0.05, 0) is 36.1 Å². The molecule has 90 valence electrons. The van der Waals surface area contributed by atoms with Crippen molar-refractivity contribution in [2.75, 3.05) is 12.4 Å². The molecule has 17 heavy (non-hydrogen) atoms. The van der Waals surface area contributed by atoms with Gasteiger partial charge in [0, 0.05) is 15.9 Å². The third-order valence-corrected chi connectivity index (χ3v) is 3.84. The zero-order valence-electron chi connectivity index (χ0n) is 9.79. The van der Waals surface area contributed by atoms with E-state index in [4.69, 9.17) is 4.74 Å². The lowest BCUT2D eigenvalue weighted by Crippen LogP contribution is -2.02. The molecule has 1 N–H and O–H groups in total. The van der Waals surface area contributed by atoms with Crippen LogP contribution in [0.4, 0.5) is 5.69 Å². The van der Waals surface area contributed by atoms with E-state index in [0.29, 0.717) is 0 Å². The van der Waals surface area contributed by atoms with Crippen LogP contribution < -0.4 is 10.1 Å². The van der Waals surface area contributed by atoms with Gasteiger partial charge in [-0.1, -0.05) is 22.0 Å². The standard InChI is InChI=1S/C13H14BrNOS/c1-9-6-10(14)7-12(16-2)13(9)15-8-11-4-3-5-17-11/h3-7,15H,8H2,1-2H3. The van der Waals surface area contributed by atoms with Gasteiger partial charge in [0.25, 0.3) is 0 Å². The third kappa shape index (κ3) is 3.01. The highest BCUT2D eigenvalue weighted by molar-refractivity contribution is 9.10. The second-order valence-electron chi connectivity index (χ2n) is 3.73. The summed E-state index contributed by atoms with van der Waals surface area (Å²) in [7, 11) is 1.69. The van der Waals surface area contributed by atoms with E-state index in [0.717, 1.165) is 22.5 Å². The maximum Gasteiger partial charge on any atom is 0.143 e. The summed E-state index contributed by atoms with van der Waals surface area (Å²) in [4.78, 5) is 1.31. The predicted molar refractivity (Wildman–Crippen MR) is 77.1 cm³/mol. The first-order valence-electron chi connectivity index (χ1n) is 5.31. The molecule has 0 aliphatic heterocycles. The van der Waals surface area contributed by atoms with Crippen LogP contribution in [0.1, 0.15) is 10.4 Å². The average molecular weight is 312 g/mol. The van der Waals surface area contributed by atoms with Crippen LogP contribution in [-0.2, 0) is 6.54 Å². The Kier molecular flexibility index (Phi) is 4.07. The van der Waals surface area contributed by atoms with E-state index in [1.165, 1.54) is 10.4 Å². The van der Waals surface area contributed by atoms with Gasteiger partial charge < -0.3 is 10.1 Å². The van der Waals surface area contributed by atoms with Crippen molar-refractivity contribution in [2.45, 2.75) is 13.5 Å². The second kappa shape index (κ2) is 5.56. The molecule has 0 bridgehead atoms. The van der Waals surface area contributed by atoms with Crippen molar-refractivity contribution < 1.29 is 4.74 Å². The molecule has 1 aromatic heterocycles. The van der Waals surface area contributed by atoms with E-state index in [-0.39, 0.29) is 0 Å². The molecule has 0 aliphatic carbocycles. The summed E-state index contributed by atoms with van der Waals surface area (Å²) in [6.45, 7) is 2.90. The zero-order valence-corrected chi connectivity index (χ0v) is 12.2. The molecule has 4 heteroatoms. The molecule has 2 nitrogen and oxygen atoms in total. The van der Waals surface area contributed by atoms with Crippen molar-refractivity contribution in [3.05, 3.63) is 44.6 Å². The molecular formula is C13H14BrNOS. The number of hydrogen-bond donors (Lipinski definition) is 1. The maximum atomic E-state index is 5.39. The second-order valence-corrected chi connectivity index (χ2v) is 5.68. The van der Waals surface area contributed by atoms with Gasteiger partial charge in [0.05, 0.1) is 12.8 Å². The lowest BCUT2D eigenvalue weighted by Gasteiger charge is -2.14. The molecule has 0 fully saturated rings. The highest BCUT2D eigenvalue weighted by Crippen LogP contribution is 2.32. The molecule has 0 saturated carbocycles. The van der Waals surface area contributed by atoms with Gasteiger partial charge in [-0.25, -0.2) is 0 Å². The van der Waals surface area contributed by atoms with Crippen LogP contribution in [0.3, 0.4) is 0 Å². The van der Waals surface area contributed by atoms with Crippen LogP contribution in [0.5, 0.6) is 5.75 Å². The topological polar surface area (TPSA) is 21.3 Å². The Bertz CT molecular complexity index is 496. The summed E-state index contributed by atoms with van der Waals surface area (Å²) in [5.41, 5.74) is 2.23. The van der Waals surface area contributed by atoms with Crippen LogP contribution in [0.2, 0.25) is 0 Å². The predicted octanol–water partition coefficient (Wildman–Crippen LogP) is 4.44. The zero-order chi connectivity index (χ0) is 12.3. The smallest absolute Gasteiger partial charge is 0.143 e. The number of rotatable bonds is 4. The summed E-state index contributed by atoms with van der Waals surface area (Å²) >= 11 is 5.22. The fourth-order valence-electron chi connectivity index (χ4n) is 1.69. The molecule has 0 atom stereocenters. The number of hydrogen-bond acceptors (Lipinski definition) is 3. The largest absolute Gasteiger partial charge is 0.495 e. The van der Waals surface area contributed by atoms with Crippen molar-refractivity contribution in [3.63, 3.8) is 0 Å². The summed E-state index contributed by atoms with van der Waals surface area (Å²) in [5, 5.41) is 5.51. The molecular weight excluding hydrogens is 298 g/mol. The highest BCUT2D eigenvalue weighted by atomic mass is 79.9. The van der Waals surface area contributed by atoms with Crippen molar-refractivity contribution in [3.8, 4) is 5.75 Å². The Labute approximate surface area is 114 Å². The minimum Gasteiger partial charge on any atom is -0.495 e. The molecule has 2 aromatic rings. The molecule has 0 unspecified atom stereocenters. The number of halogens is 1. The van der Waals surface area contributed by atoms with Crippen LogP contribution >= 0.6 is 27.3 Å². The Morgan fingerprint density at radius 3 is 2.88 bits per heavy atom. The van der Waals surface area contributed by atoms with E-state index in [1.54, 1.807) is 18.4 Å². The van der Waals surface area contributed by atoms with Gasteiger partial charge in [-0.15, -0.1) is 11.3 Å². The van der Waals surface area contributed by atoms with Gasteiger partial charge in [0.2, 0.25) is 0 Å². The summed E-state index contributed by atoms with van der Waals surface area (Å²) in [6.07, 6.45) is 0. The molecule has 0 amide bonds. The number of benzene rings is 1. The van der Waals surface area contributed by atoms with Crippen molar-refractivity contribution in [1.82, 2.24) is 0 Å². The fraction of sp³-hybridized carbons (Fsp3) is 0.231. The third-order valence-electron chi connectivity index (χ3n) is 2.50. The molecule has 0 spiro atoms. The van der Waals surface area contributed by atoms with Crippen molar-refractivity contribution in [1.29, 1.82) is 0 Å². The Morgan fingerprint density at radius 2 is 2.24 bits per heavy atom. The molecule has 0 aliphatic rings. The Hall–Kier alpha value is -1.00. The monoisotopic (exact) mass is 311 g/mol. The number of thiophene rings is 1. The molecule has 1 heterocycles. The minimum atomic E-state index is 0.830. The van der Waals surface area contributed by atoms with Crippen molar-refractivity contribution >= 4 is 33.0 Å². The quantitative estimate of drug-likeness (QED) is 0.901. The number of anilines is 1. The van der Waals surface area contributed by atoms with Gasteiger partial charge in [-0.3, -0.25) is 0 Å². The number of nitrogens with one attached hydrogen (secondary N) is 1. The van der Waals surface area contributed by atoms with Crippen LogP contribution in [0.25, 0.3) is 0 Å². The fourth-order valence-corrected chi connectivity index (χ4v) is 2.88. The molecule has 0 radical (unpaired) electrons. The number of methoxy groups -OCH3 is 1. The van der Waals surface area contributed by atoms with Gasteiger partial charge in [0.15, 0.2) is 0 Å². The Balaban J connectivity index is 2.19. The number of ether oxygens (including phenoxy) is 1. The molecule has 1 aromatic carbocycles. The van der Waals surface area contributed by atoms with Gasteiger partial charge in [0.1, 0.15) is 5.75 Å². The lowest BCUT2D eigenvalue weighted by atomic mass is 10.2. The average Bonchev–Trinajstić information content (AvgIpc) is 2.79. The molecule has 0 saturated heterocycles. The summed E-state index contributed by atoms with van der Waals surface area (Å²) in [5.74, 6) is 0.869. The normalized spacial score (nSPS) is 10.3. The Morgan fingerprint density at radius 1 is 1.41 bits per heavy atom. The van der Waals surface area contributed by atoms with Crippen LogP contribution in [-0.4, -0.2) is 7.11 Å². The number of aryl methyl sites for hydroxylation is 1. The molecule has 2 rings (SSSR count). The lowest BCUT2D eigenvalue weighted by molar-refractivity contribution is 0.416. The van der Waals surface area contributed by atoms with Crippen LogP contribution in [0, 0.1) is 6.92 Å². The first kappa shape index (κ1) is 12.5. The minimum absolute atomic E-state index is 0.830. The SMILES string of the molecule is COc1cc(Br)cc(C)c1NCc1cccs1. The van der Waals surface area contributed by atoms with Gasteiger partial charge >= 0.3 is 0 Å². The first-order chi connectivity index (χ1) is 8.20. The van der Waals surface area contributed by atoms with Crippen molar-refractivity contribution in [2.24, 2.45) is 0 Å². The van der Waals surface area contributed by atoms with E-state index in [9.17, 15) is 0 Å². The van der Waals surface area contributed by atoms with E-state index in [1.807, 2.05) is 6.07 Å². The van der Waals surface area contributed by atoms with Gasteiger partial charge in [-0.2, -0.15) is 0 Å². The highest BCUT2D eigenvalue weighted by Gasteiger charge is 2.07. The summed E-state index contributed by atoms with van der Waals surface area (Å²) < 4.78 is 6.42. The summed E-state index contributed by atoms with van der Waals surface area (Å²) in [6, 6.07) is 8.24. The van der Waals surface area contributed by atoms with E-state index < -0.39 is 0 Å². The maximum absolute atomic E-state index is 5.39. The van der Waals surface area contributed by atoms with Crippen LogP contribution in [0.15, 0.2) is 34.1 Å².